The third-order valence-electron chi connectivity index (χ3n) is 3.95. The first-order valence-corrected chi connectivity index (χ1v) is 7.69. The summed E-state index contributed by atoms with van der Waals surface area (Å²) < 4.78 is 5.26. The number of hydrogen-bond donors (Lipinski definition) is 0. The summed E-state index contributed by atoms with van der Waals surface area (Å²) in [6.07, 6.45) is 2.55. The highest BCUT2D eigenvalue weighted by molar-refractivity contribution is 8.00. The van der Waals surface area contributed by atoms with Crippen molar-refractivity contribution in [3.8, 4) is 0 Å². The second kappa shape index (κ2) is 5.64. The second-order valence-corrected chi connectivity index (χ2v) is 6.76. The van der Waals surface area contributed by atoms with Crippen LogP contribution in [0.4, 0.5) is 0 Å². The number of benzene rings is 1. The Balaban J connectivity index is 1.51. The molecule has 2 nitrogen and oxygen atoms in total. The number of methoxy groups -OCH3 is 1. The Kier molecular flexibility index (Phi) is 3.92. The molecule has 0 spiro atoms. The van der Waals surface area contributed by atoms with E-state index in [0.29, 0.717) is 0 Å². The first-order chi connectivity index (χ1) is 8.85. The number of nitrogens with zero attached hydrogens (tertiary/aromatic N) is 1. The SMILES string of the molecule is COCC1CCN(CC2Cc3ccccc3S2)C1. The van der Waals surface area contributed by atoms with Gasteiger partial charge in [-0.25, -0.2) is 0 Å². The average molecular weight is 263 g/mol. The van der Waals surface area contributed by atoms with Gasteiger partial charge < -0.3 is 9.64 Å². The van der Waals surface area contributed by atoms with Crippen LogP contribution in [0.2, 0.25) is 0 Å². The molecule has 1 aromatic carbocycles. The summed E-state index contributed by atoms with van der Waals surface area (Å²) in [5.74, 6) is 0.753. The Hall–Kier alpha value is -0.510. The molecule has 1 aromatic rings. The van der Waals surface area contributed by atoms with Gasteiger partial charge in [-0.05, 0) is 36.9 Å². The van der Waals surface area contributed by atoms with Crippen molar-refractivity contribution >= 4 is 11.8 Å². The van der Waals surface area contributed by atoms with Crippen molar-refractivity contribution in [1.29, 1.82) is 0 Å². The van der Waals surface area contributed by atoms with Crippen molar-refractivity contribution in [2.24, 2.45) is 5.92 Å². The van der Waals surface area contributed by atoms with Crippen molar-refractivity contribution in [2.75, 3.05) is 33.4 Å². The Bertz CT molecular complexity index is 384. The molecule has 2 heterocycles. The molecule has 2 atom stereocenters. The van der Waals surface area contributed by atoms with Gasteiger partial charge in [-0.1, -0.05) is 18.2 Å². The van der Waals surface area contributed by atoms with Crippen LogP contribution in [-0.4, -0.2) is 43.5 Å². The van der Waals surface area contributed by atoms with E-state index in [-0.39, 0.29) is 0 Å². The number of likely N-dealkylation sites (tertiary alicyclic amines) is 1. The van der Waals surface area contributed by atoms with Gasteiger partial charge >= 0.3 is 0 Å². The molecule has 18 heavy (non-hydrogen) atoms. The minimum Gasteiger partial charge on any atom is -0.384 e. The van der Waals surface area contributed by atoms with Crippen LogP contribution < -0.4 is 0 Å². The molecule has 0 N–H and O–H groups in total. The summed E-state index contributed by atoms with van der Waals surface area (Å²) in [6.45, 7) is 4.64. The van der Waals surface area contributed by atoms with Crippen LogP contribution in [0.5, 0.6) is 0 Å². The van der Waals surface area contributed by atoms with Gasteiger partial charge in [0.2, 0.25) is 0 Å². The summed E-state index contributed by atoms with van der Waals surface area (Å²) >= 11 is 2.06. The lowest BCUT2D eigenvalue weighted by atomic mass is 10.1. The van der Waals surface area contributed by atoms with E-state index in [1.807, 2.05) is 7.11 Å². The number of ether oxygens (including phenoxy) is 1. The van der Waals surface area contributed by atoms with E-state index in [2.05, 4.69) is 40.9 Å². The molecule has 0 aliphatic carbocycles. The fraction of sp³-hybridized carbons (Fsp3) is 0.600. The van der Waals surface area contributed by atoms with Gasteiger partial charge in [0.15, 0.2) is 0 Å². The van der Waals surface area contributed by atoms with Crippen LogP contribution in [0.15, 0.2) is 29.2 Å². The molecule has 3 rings (SSSR count). The quantitative estimate of drug-likeness (QED) is 0.828. The fourth-order valence-corrected chi connectivity index (χ4v) is 4.46. The Labute approximate surface area is 114 Å². The van der Waals surface area contributed by atoms with E-state index in [1.165, 1.54) is 37.4 Å². The zero-order valence-corrected chi connectivity index (χ0v) is 11.8. The van der Waals surface area contributed by atoms with Crippen molar-refractivity contribution in [3.05, 3.63) is 29.8 Å². The normalized spacial score (nSPS) is 27.6. The second-order valence-electron chi connectivity index (χ2n) is 5.42. The van der Waals surface area contributed by atoms with Crippen molar-refractivity contribution in [2.45, 2.75) is 23.0 Å². The maximum Gasteiger partial charge on any atom is 0.0503 e. The minimum absolute atomic E-state index is 0.753. The van der Waals surface area contributed by atoms with Gasteiger partial charge in [-0.3, -0.25) is 0 Å². The zero-order valence-electron chi connectivity index (χ0n) is 11.0. The molecule has 2 aliphatic rings. The van der Waals surface area contributed by atoms with Crippen molar-refractivity contribution < 1.29 is 4.74 Å². The predicted octanol–water partition coefficient (Wildman–Crippen LogP) is 2.67. The summed E-state index contributed by atoms with van der Waals surface area (Å²) in [5.41, 5.74) is 1.54. The summed E-state index contributed by atoms with van der Waals surface area (Å²) in [5, 5.41) is 0.753. The van der Waals surface area contributed by atoms with Gasteiger partial charge in [0.05, 0.1) is 6.61 Å². The van der Waals surface area contributed by atoms with Crippen LogP contribution >= 0.6 is 11.8 Å². The number of fused-ring (bicyclic) bond motifs is 1. The van der Waals surface area contributed by atoms with Crippen LogP contribution in [0.3, 0.4) is 0 Å². The first-order valence-electron chi connectivity index (χ1n) is 6.81. The topological polar surface area (TPSA) is 12.5 Å². The molecule has 0 saturated carbocycles. The summed E-state index contributed by atoms with van der Waals surface area (Å²) in [7, 11) is 1.81. The minimum atomic E-state index is 0.753. The van der Waals surface area contributed by atoms with Crippen LogP contribution in [0.1, 0.15) is 12.0 Å². The highest BCUT2D eigenvalue weighted by atomic mass is 32.2. The van der Waals surface area contributed by atoms with E-state index in [0.717, 1.165) is 17.8 Å². The number of thioether (sulfide) groups is 1. The molecule has 2 unspecified atom stereocenters. The molecule has 98 valence electrons. The molecular weight excluding hydrogens is 242 g/mol. The Morgan fingerprint density at radius 1 is 1.39 bits per heavy atom. The largest absolute Gasteiger partial charge is 0.384 e. The molecule has 1 saturated heterocycles. The molecule has 3 heteroatoms. The van der Waals surface area contributed by atoms with E-state index < -0.39 is 0 Å². The fourth-order valence-electron chi connectivity index (χ4n) is 3.09. The number of rotatable bonds is 4. The third kappa shape index (κ3) is 2.73. The van der Waals surface area contributed by atoms with Crippen LogP contribution in [-0.2, 0) is 11.2 Å². The molecule has 0 bridgehead atoms. The van der Waals surface area contributed by atoms with Crippen LogP contribution in [0.25, 0.3) is 0 Å². The highest BCUT2D eigenvalue weighted by Gasteiger charge is 2.28. The lowest BCUT2D eigenvalue weighted by Crippen LogP contribution is -2.29. The summed E-state index contributed by atoms with van der Waals surface area (Å²) in [6, 6.07) is 8.85. The van der Waals surface area contributed by atoms with Gasteiger partial charge in [0.1, 0.15) is 0 Å². The monoisotopic (exact) mass is 263 g/mol. The third-order valence-corrected chi connectivity index (χ3v) is 5.25. The maximum absolute atomic E-state index is 5.26. The zero-order chi connectivity index (χ0) is 12.4. The smallest absolute Gasteiger partial charge is 0.0503 e. The predicted molar refractivity (Wildman–Crippen MR) is 76.2 cm³/mol. The summed E-state index contributed by atoms with van der Waals surface area (Å²) in [4.78, 5) is 4.11. The Morgan fingerprint density at radius 3 is 3.11 bits per heavy atom. The average Bonchev–Trinajstić information content (AvgIpc) is 2.96. The van der Waals surface area contributed by atoms with Crippen molar-refractivity contribution in [3.63, 3.8) is 0 Å². The van der Waals surface area contributed by atoms with Gasteiger partial charge in [0, 0.05) is 30.3 Å². The molecule has 2 aliphatic heterocycles. The molecule has 1 fully saturated rings. The molecule has 0 aromatic heterocycles. The van der Waals surface area contributed by atoms with E-state index in [1.54, 1.807) is 5.56 Å². The highest BCUT2D eigenvalue weighted by Crippen LogP contribution is 2.37. The lowest BCUT2D eigenvalue weighted by molar-refractivity contribution is 0.153. The molecule has 0 radical (unpaired) electrons. The van der Waals surface area contributed by atoms with Gasteiger partial charge in [-0.2, -0.15) is 0 Å². The number of hydrogen-bond acceptors (Lipinski definition) is 3. The van der Waals surface area contributed by atoms with Crippen molar-refractivity contribution in [1.82, 2.24) is 4.90 Å². The van der Waals surface area contributed by atoms with E-state index in [4.69, 9.17) is 4.74 Å². The van der Waals surface area contributed by atoms with E-state index in [9.17, 15) is 0 Å². The van der Waals surface area contributed by atoms with Gasteiger partial charge in [-0.15, -0.1) is 11.8 Å². The van der Waals surface area contributed by atoms with Gasteiger partial charge in [0.25, 0.3) is 0 Å². The van der Waals surface area contributed by atoms with Crippen LogP contribution in [0, 0.1) is 5.92 Å². The standard InChI is InChI=1S/C15H21NOS/c1-17-11-12-6-7-16(9-12)10-14-8-13-4-2-3-5-15(13)18-14/h2-5,12,14H,6-11H2,1H3. The Morgan fingerprint density at radius 2 is 2.28 bits per heavy atom. The lowest BCUT2D eigenvalue weighted by Gasteiger charge is -2.19. The molecular formula is C15H21NOS. The van der Waals surface area contributed by atoms with E-state index >= 15 is 0 Å². The molecule has 0 amide bonds. The first kappa shape index (κ1) is 12.5. The maximum atomic E-state index is 5.26.